The summed E-state index contributed by atoms with van der Waals surface area (Å²) >= 11 is 3.55. The molecule has 4 rings (SSSR count). The van der Waals surface area contributed by atoms with Crippen LogP contribution in [0.1, 0.15) is 36.5 Å². The number of carbonyl (C=O) groups excluding carboxylic acids is 2. The molecule has 0 fully saturated rings. The normalized spacial score (nSPS) is 20.7. The molecule has 2 aromatic carbocycles. The fraction of sp³-hybridized carbons (Fsp3) is 0.261. The molecular weight excluding hydrogens is 474 g/mol. The van der Waals surface area contributed by atoms with Crippen molar-refractivity contribution in [1.29, 1.82) is 5.26 Å². The first-order valence-electron chi connectivity index (χ1n) is 9.99. The fourth-order valence-electron chi connectivity index (χ4n) is 4.12. The zero-order chi connectivity index (χ0) is 22.8. The third kappa shape index (κ3) is 4.01. The third-order valence-electron chi connectivity index (χ3n) is 5.73. The summed E-state index contributed by atoms with van der Waals surface area (Å²) in [6, 6.07) is 14.9. The topological polar surface area (TPSA) is 116 Å². The number of hydrazone groups is 2. The van der Waals surface area contributed by atoms with Crippen molar-refractivity contribution in [2.45, 2.75) is 26.4 Å². The smallest absolute Gasteiger partial charge is 0.249 e. The molecule has 0 saturated heterocycles. The van der Waals surface area contributed by atoms with E-state index in [0.29, 0.717) is 27.2 Å². The Labute approximate surface area is 193 Å². The van der Waals surface area contributed by atoms with Crippen LogP contribution in [-0.4, -0.2) is 23.2 Å². The van der Waals surface area contributed by atoms with E-state index in [1.807, 2.05) is 30.3 Å². The molecule has 2 amide bonds. The van der Waals surface area contributed by atoms with E-state index >= 15 is 0 Å². The van der Waals surface area contributed by atoms with E-state index in [1.165, 1.54) is 0 Å². The van der Waals surface area contributed by atoms with Gasteiger partial charge in [-0.3, -0.25) is 9.59 Å². The van der Waals surface area contributed by atoms with Crippen LogP contribution in [0.2, 0.25) is 0 Å². The molecular formula is C23H20BrN5O3. The Bertz CT molecular complexity index is 1160. The van der Waals surface area contributed by atoms with Crippen molar-refractivity contribution in [3.63, 3.8) is 0 Å². The Kier molecular flexibility index (Phi) is 6.06. The van der Waals surface area contributed by atoms with Gasteiger partial charge in [0.05, 0.1) is 27.9 Å². The van der Waals surface area contributed by atoms with Gasteiger partial charge in [0.25, 0.3) is 0 Å². The van der Waals surface area contributed by atoms with Crippen molar-refractivity contribution in [1.82, 2.24) is 10.9 Å². The summed E-state index contributed by atoms with van der Waals surface area (Å²) in [6.07, 6.45) is 0. The maximum Gasteiger partial charge on any atom is 0.249 e. The molecule has 2 unspecified atom stereocenters. The standard InChI is InChI=1S/C23H20BrN5O3/c1-12-19(22(30)28-26-12)21(20-13(2)27-29-23(20)31)14-7-8-18(17(24)9-14)32-11-16-6-4-3-5-15(16)10-25/h3-9,19-21H,11H2,1-2H3,(H,28,30)(H,29,31). The van der Waals surface area contributed by atoms with Crippen LogP contribution < -0.4 is 15.6 Å². The van der Waals surface area contributed by atoms with E-state index in [-0.39, 0.29) is 18.4 Å². The highest BCUT2D eigenvalue weighted by atomic mass is 79.9. The van der Waals surface area contributed by atoms with Gasteiger partial charge < -0.3 is 4.74 Å². The Balaban J connectivity index is 1.64. The summed E-state index contributed by atoms with van der Waals surface area (Å²) in [4.78, 5) is 25.2. The SMILES string of the molecule is CC1=NNC(=O)C1C(c1ccc(OCc2ccccc2C#N)c(Br)c1)C1C(=O)NN=C1C. The first-order chi connectivity index (χ1) is 15.4. The molecule has 2 N–H and O–H groups in total. The zero-order valence-corrected chi connectivity index (χ0v) is 19.0. The lowest BCUT2D eigenvalue weighted by atomic mass is 9.73. The van der Waals surface area contributed by atoms with Gasteiger partial charge >= 0.3 is 0 Å². The molecule has 0 spiro atoms. The molecule has 162 valence electrons. The van der Waals surface area contributed by atoms with Crippen LogP contribution in [0.5, 0.6) is 5.75 Å². The van der Waals surface area contributed by atoms with Crippen molar-refractivity contribution < 1.29 is 14.3 Å². The maximum atomic E-state index is 12.6. The van der Waals surface area contributed by atoms with Crippen LogP contribution in [0.3, 0.4) is 0 Å². The van der Waals surface area contributed by atoms with Crippen LogP contribution in [-0.2, 0) is 16.2 Å². The predicted octanol–water partition coefficient (Wildman–Crippen LogP) is 3.23. The predicted molar refractivity (Wildman–Crippen MR) is 122 cm³/mol. The molecule has 2 aliphatic heterocycles. The van der Waals surface area contributed by atoms with Crippen LogP contribution in [0, 0.1) is 23.2 Å². The summed E-state index contributed by atoms with van der Waals surface area (Å²) in [6.45, 7) is 3.78. The van der Waals surface area contributed by atoms with Crippen LogP contribution in [0.15, 0.2) is 57.1 Å². The molecule has 2 aliphatic rings. The van der Waals surface area contributed by atoms with E-state index < -0.39 is 17.8 Å². The van der Waals surface area contributed by atoms with Gasteiger partial charge in [-0.05, 0) is 53.5 Å². The van der Waals surface area contributed by atoms with E-state index in [2.05, 4.69) is 43.1 Å². The molecule has 9 heteroatoms. The van der Waals surface area contributed by atoms with Crippen molar-refractivity contribution in [3.05, 3.63) is 63.6 Å². The van der Waals surface area contributed by atoms with Gasteiger partial charge in [-0.2, -0.15) is 15.5 Å². The lowest BCUT2D eigenvalue weighted by Crippen LogP contribution is -2.38. The molecule has 8 nitrogen and oxygen atoms in total. The van der Waals surface area contributed by atoms with Crippen LogP contribution in [0.25, 0.3) is 0 Å². The molecule has 0 radical (unpaired) electrons. The van der Waals surface area contributed by atoms with Gasteiger partial charge in [-0.25, -0.2) is 10.9 Å². The zero-order valence-electron chi connectivity index (χ0n) is 17.4. The third-order valence-corrected chi connectivity index (χ3v) is 6.35. The second kappa shape index (κ2) is 8.93. The summed E-state index contributed by atoms with van der Waals surface area (Å²) < 4.78 is 6.61. The number of nitriles is 1. The molecule has 2 aromatic rings. The Morgan fingerprint density at radius 2 is 1.69 bits per heavy atom. The second-order valence-corrected chi connectivity index (χ2v) is 8.54. The Morgan fingerprint density at radius 3 is 2.22 bits per heavy atom. The summed E-state index contributed by atoms with van der Waals surface area (Å²) in [7, 11) is 0. The Hall–Kier alpha value is -3.51. The first kappa shape index (κ1) is 21.7. The van der Waals surface area contributed by atoms with Crippen LogP contribution in [0.4, 0.5) is 0 Å². The van der Waals surface area contributed by atoms with E-state index in [0.717, 1.165) is 11.1 Å². The highest BCUT2D eigenvalue weighted by Crippen LogP contribution is 2.40. The fourth-order valence-corrected chi connectivity index (χ4v) is 4.63. The minimum atomic E-state index is -0.588. The average molecular weight is 494 g/mol. The van der Waals surface area contributed by atoms with Gasteiger partial charge in [-0.15, -0.1) is 0 Å². The molecule has 0 bridgehead atoms. The Morgan fingerprint density at radius 1 is 1.06 bits per heavy atom. The first-order valence-corrected chi connectivity index (χ1v) is 10.8. The number of rotatable bonds is 6. The van der Waals surface area contributed by atoms with Crippen molar-refractivity contribution >= 4 is 39.2 Å². The van der Waals surface area contributed by atoms with Crippen LogP contribution >= 0.6 is 15.9 Å². The van der Waals surface area contributed by atoms with Gasteiger partial charge in [0.1, 0.15) is 12.4 Å². The molecule has 32 heavy (non-hydrogen) atoms. The largest absolute Gasteiger partial charge is 0.488 e. The van der Waals surface area contributed by atoms with E-state index in [1.54, 1.807) is 26.0 Å². The van der Waals surface area contributed by atoms with Gasteiger partial charge in [-0.1, -0.05) is 24.3 Å². The minimum absolute atomic E-state index is 0.235. The molecule has 2 heterocycles. The number of benzene rings is 2. The summed E-state index contributed by atoms with van der Waals surface area (Å²) in [5.74, 6) is -1.56. The highest BCUT2D eigenvalue weighted by molar-refractivity contribution is 9.10. The summed E-state index contributed by atoms with van der Waals surface area (Å²) in [5, 5.41) is 17.4. The van der Waals surface area contributed by atoms with E-state index in [4.69, 9.17) is 4.74 Å². The van der Waals surface area contributed by atoms with Crippen molar-refractivity contribution in [3.8, 4) is 11.8 Å². The summed E-state index contributed by atoms with van der Waals surface area (Å²) in [5.41, 5.74) is 8.40. The molecule has 0 saturated carbocycles. The van der Waals surface area contributed by atoms with Gasteiger partial charge in [0.2, 0.25) is 11.8 Å². The van der Waals surface area contributed by atoms with Crippen molar-refractivity contribution in [2.24, 2.45) is 22.0 Å². The van der Waals surface area contributed by atoms with Gasteiger partial charge in [0.15, 0.2) is 0 Å². The molecule has 2 atom stereocenters. The highest BCUT2D eigenvalue weighted by Gasteiger charge is 2.45. The second-order valence-electron chi connectivity index (χ2n) is 7.69. The number of nitrogens with zero attached hydrogens (tertiary/aromatic N) is 3. The number of halogens is 1. The monoisotopic (exact) mass is 493 g/mol. The number of carbonyl (C=O) groups is 2. The molecule has 0 aromatic heterocycles. The number of hydrogen-bond acceptors (Lipinski definition) is 6. The number of ether oxygens (including phenoxy) is 1. The van der Waals surface area contributed by atoms with E-state index in [9.17, 15) is 14.9 Å². The maximum absolute atomic E-state index is 12.6. The quantitative estimate of drug-likeness (QED) is 0.642. The number of amides is 2. The molecule has 0 aliphatic carbocycles. The van der Waals surface area contributed by atoms with Crippen molar-refractivity contribution in [2.75, 3.05) is 0 Å². The minimum Gasteiger partial charge on any atom is -0.488 e. The lowest BCUT2D eigenvalue weighted by molar-refractivity contribution is -0.125. The number of hydrogen-bond donors (Lipinski definition) is 2. The number of nitrogens with one attached hydrogen (secondary N) is 2. The lowest BCUT2D eigenvalue weighted by Gasteiger charge is -2.27. The van der Waals surface area contributed by atoms with Gasteiger partial charge in [0, 0.05) is 22.9 Å². The average Bonchev–Trinajstić information content (AvgIpc) is 3.29.